The van der Waals surface area contributed by atoms with Gasteiger partial charge in [-0.15, -0.1) is 0 Å². The van der Waals surface area contributed by atoms with Crippen LogP contribution in [0.5, 0.6) is 0 Å². The van der Waals surface area contributed by atoms with Gasteiger partial charge in [0.05, 0.1) is 5.54 Å². The maximum atomic E-state index is 11.4. The Bertz CT molecular complexity index is 495. The zero-order valence-corrected chi connectivity index (χ0v) is 10.7. The summed E-state index contributed by atoms with van der Waals surface area (Å²) in [6.45, 7) is 1.24. The van der Waals surface area contributed by atoms with E-state index in [0.717, 1.165) is 18.4 Å². The standard InChI is InChI=1S/C12H11Cl2NO2/c1-7(16)11(17)15-12(4-5-12)9-3-2-8(13)6-10(9)14/h2-3,6H,4-5H2,1H3,(H,15,17). The summed E-state index contributed by atoms with van der Waals surface area (Å²) in [7, 11) is 0. The van der Waals surface area contributed by atoms with E-state index in [1.54, 1.807) is 18.2 Å². The number of Topliss-reactive ketones (excluding diaryl/α,β-unsaturated/α-hetero) is 1. The number of ketones is 1. The van der Waals surface area contributed by atoms with E-state index >= 15 is 0 Å². The van der Waals surface area contributed by atoms with E-state index in [-0.39, 0.29) is 0 Å². The van der Waals surface area contributed by atoms with Crippen molar-refractivity contribution in [2.45, 2.75) is 25.3 Å². The van der Waals surface area contributed by atoms with Gasteiger partial charge in [0, 0.05) is 17.0 Å². The Balaban J connectivity index is 2.27. The number of amides is 1. The molecule has 1 aromatic carbocycles. The Morgan fingerprint density at radius 1 is 1.29 bits per heavy atom. The van der Waals surface area contributed by atoms with Crippen LogP contribution in [0.2, 0.25) is 10.0 Å². The van der Waals surface area contributed by atoms with Gasteiger partial charge >= 0.3 is 0 Å². The molecule has 3 nitrogen and oxygen atoms in total. The smallest absolute Gasteiger partial charge is 0.287 e. The molecule has 1 N–H and O–H groups in total. The first-order valence-electron chi connectivity index (χ1n) is 5.23. The monoisotopic (exact) mass is 271 g/mol. The molecule has 0 unspecified atom stereocenters. The fraction of sp³-hybridized carbons (Fsp3) is 0.333. The van der Waals surface area contributed by atoms with Crippen molar-refractivity contribution in [2.24, 2.45) is 0 Å². The number of hydrogen-bond acceptors (Lipinski definition) is 2. The van der Waals surface area contributed by atoms with Crippen molar-refractivity contribution in [1.29, 1.82) is 0 Å². The van der Waals surface area contributed by atoms with Crippen molar-refractivity contribution in [3.8, 4) is 0 Å². The second-order valence-corrected chi connectivity index (χ2v) is 5.06. The number of nitrogens with one attached hydrogen (secondary N) is 1. The topological polar surface area (TPSA) is 46.2 Å². The van der Waals surface area contributed by atoms with Crippen molar-refractivity contribution < 1.29 is 9.59 Å². The Hall–Kier alpha value is -1.06. The Morgan fingerprint density at radius 2 is 1.94 bits per heavy atom. The van der Waals surface area contributed by atoms with Gasteiger partial charge in [-0.1, -0.05) is 29.3 Å². The number of hydrogen-bond donors (Lipinski definition) is 1. The molecule has 1 fully saturated rings. The van der Waals surface area contributed by atoms with Crippen molar-refractivity contribution >= 4 is 34.9 Å². The van der Waals surface area contributed by atoms with E-state index in [4.69, 9.17) is 23.2 Å². The van der Waals surface area contributed by atoms with Crippen molar-refractivity contribution in [1.82, 2.24) is 5.32 Å². The fourth-order valence-corrected chi connectivity index (χ4v) is 2.36. The number of benzene rings is 1. The summed E-state index contributed by atoms with van der Waals surface area (Å²) < 4.78 is 0. The molecule has 0 aromatic heterocycles. The molecule has 1 aliphatic rings. The van der Waals surface area contributed by atoms with Crippen LogP contribution in [0.1, 0.15) is 25.3 Å². The third-order valence-corrected chi connectivity index (χ3v) is 3.42. The molecule has 0 aliphatic heterocycles. The average Bonchev–Trinajstić information content (AvgIpc) is 2.98. The zero-order valence-electron chi connectivity index (χ0n) is 9.22. The second kappa shape index (κ2) is 4.31. The summed E-state index contributed by atoms with van der Waals surface area (Å²) in [6, 6.07) is 5.15. The molecule has 0 spiro atoms. The van der Waals surface area contributed by atoms with Crippen LogP contribution in [-0.2, 0) is 15.1 Å². The second-order valence-electron chi connectivity index (χ2n) is 4.22. The third-order valence-electron chi connectivity index (χ3n) is 2.87. The molecule has 0 atom stereocenters. The van der Waals surface area contributed by atoms with Crippen LogP contribution >= 0.6 is 23.2 Å². The van der Waals surface area contributed by atoms with Crippen molar-refractivity contribution in [2.75, 3.05) is 0 Å². The highest BCUT2D eigenvalue weighted by Crippen LogP contribution is 2.48. The molecule has 0 heterocycles. The predicted octanol–water partition coefficient (Wildman–Crippen LogP) is 2.69. The minimum absolute atomic E-state index is 0.482. The summed E-state index contributed by atoms with van der Waals surface area (Å²) >= 11 is 11.9. The van der Waals surface area contributed by atoms with Gasteiger partial charge in [-0.05, 0) is 30.5 Å². The number of carbonyl (C=O) groups is 2. The minimum atomic E-state index is -0.575. The minimum Gasteiger partial charge on any atom is -0.340 e. The summed E-state index contributed by atoms with van der Waals surface area (Å²) in [6.07, 6.45) is 1.57. The van der Waals surface area contributed by atoms with E-state index in [2.05, 4.69) is 5.32 Å². The number of halogens is 2. The lowest BCUT2D eigenvalue weighted by Gasteiger charge is -2.18. The first-order valence-corrected chi connectivity index (χ1v) is 5.99. The summed E-state index contributed by atoms with van der Waals surface area (Å²) in [5.41, 5.74) is 0.336. The Kier molecular flexibility index (Phi) is 3.15. The van der Waals surface area contributed by atoms with E-state index in [1.165, 1.54) is 6.92 Å². The number of rotatable bonds is 3. The van der Waals surface area contributed by atoms with Gasteiger partial charge in [-0.3, -0.25) is 9.59 Å². The molecule has 1 aromatic rings. The van der Waals surface area contributed by atoms with Crippen LogP contribution in [0.15, 0.2) is 18.2 Å². The largest absolute Gasteiger partial charge is 0.340 e. The molecule has 2 rings (SSSR count). The highest BCUT2D eigenvalue weighted by atomic mass is 35.5. The van der Waals surface area contributed by atoms with Crippen LogP contribution in [0, 0.1) is 0 Å². The molecule has 1 saturated carbocycles. The van der Waals surface area contributed by atoms with Crippen LogP contribution in [0.4, 0.5) is 0 Å². The molecule has 5 heteroatoms. The normalized spacial score (nSPS) is 16.4. The van der Waals surface area contributed by atoms with Crippen molar-refractivity contribution in [3.05, 3.63) is 33.8 Å². The van der Waals surface area contributed by atoms with E-state index in [9.17, 15) is 9.59 Å². The predicted molar refractivity (Wildman–Crippen MR) is 66.2 cm³/mol. The molecule has 17 heavy (non-hydrogen) atoms. The van der Waals surface area contributed by atoms with Crippen LogP contribution in [0.3, 0.4) is 0 Å². The summed E-state index contributed by atoms with van der Waals surface area (Å²) in [5, 5.41) is 3.79. The number of carbonyl (C=O) groups excluding carboxylic acids is 2. The van der Waals surface area contributed by atoms with Gasteiger partial charge in [-0.2, -0.15) is 0 Å². The molecule has 0 radical (unpaired) electrons. The zero-order chi connectivity index (χ0) is 12.6. The fourth-order valence-electron chi connectivity index (χ4n) is 1.77. The van der Waals surface area contributed by atoms with E-state index in [1.807, 2.05) is 0 Å². The molecular weight excluding hydrogens is 261 g/mol. The molecule has 0 saturated heterocycles. The highest BCUT2D eigenvalue weighted by Gasteiger charge is 2.47. The molecule has 1 aliphatic carbocycles. The molecule has 0 bridgehead atoms. The first kappa shape index (κ1) is 12.4. The Morgan fingerprint density at radius 3 is 2.41 bits per heavy atom. The van der Waals surface area contributed by atoms with Crippen LogP contribution in [-0.4, -0.2) is 11.7 Å². The van der Waals surface area contributed by atoms with Gasteiger partial charge < -0.3 is 5.32 Å². The van der Waals surface area contributed by atoms with Crippen LogP contribution < -0.4 is 5.32 Å². The van der Waals surface area contributed by atoms with Gasteiger partial charge in [0.15, 0.2) is 0 Å². The lowest BCUT2D eigenvalue weighted by molar-refractivity contribution is -0.137. The highest BCUT2D eigenvalue weighted by molar-refractivity contribution is 6.36. The summed E-state index contributed by atoms with van der Waals surface area (Å²) in [4.78, 5) is 22.4. The van der Waals surface area contributed by atoms with E-state index < -0.39 is 17.2 Å². The maximum absolute atomic E-state index is 11.4. The van der Waals surface area contributed by atoms with Crippen molar-refractivity contribution in [3.63, 3.8) is 0 Å². The lowest BCUT2D eigenvalue weighted by atomic mass is 10.0. The lowest BCUT2D eigenvalue weighted by Crippen LogP contribution is -2.38. The Labute approximate surface area is 109 Å². The first-order chi connectivity index (χ1) is 7.94. The van der Waals surface area contributed by atoms with Gasteiger partial charge in [-0.25, -0.2) is 0 Å². The molecule has 90 valence electrons. The molecular formula is C12H11Cl2NO2. The molecule has 1 amide bonds. The van der Waals surface area contributed by atoms with Gasteiger partial charge in [0.25, 0.3) is 5.91 Å². The van der Waals surface area contributed by atoms with Gasteiger partial charge in [0.2, 0.25) is 5.78 Å². The average molecular weight is 272 g/mol. The third kappa shape index (κ3) is 2.45. The van der Waals surface area contributed by atoms with Gasteiger partial charge in [0.1, 0.15) is 0 Å². The maximum Gasteiger partial charge on any atom is 0.287 e. The summed E-state index contributed by atoms with van der Waals surface area (Å²) in [5.74, 6) is -1.07. The van der Waals surface area contributed by atoms with E-state index in [0.29, 0.717) is 10.0 Å². The quantitative estimate of drug-likeness (QED) is 0.860. The SMILES string of the molecule is CC(=O)C(=O)NC1(c2ccc(Cl)cc2Cl)CC1. The van der Waals surface area contributed by atoms with Crippen LogP contribution in [0.25, 0.3) is 0 Å².